The molecular weight excluding hydrogens is 250 g/mol. The quantitative estimate of drug-likeness (QED) is 0.539. The summed E-state index contributed by atoms with van der Waals surface area (Å²) in [7, 11) is 0. The Hall–Kier alpha value is -2.41. The summed E-state index contributed by atoms with van der Waals surface area (Å²) >= 11 is 0. The van der Waals surface area contributed by atoms with E-state index in [1.165, 1.54) is 12.4 Å². The molecule has 3 N–H and O–H groups in total. The zero-order chi connectivity index (χ0) is 13.8. The van der Waals surface area contributed by atoms with E-state index in [2.05, 4.69) is 10.3 Å². The van der Waals surface area contributed by atoms with Gasteiger partial charge in [-0.1, -0.05) is 0 Å². The van der Waals surface area contributed by atoms with Crippen LogP contribution in [0, 0.1) is 0 Å². The van der Waals surface area contributed by atoms with Crippen LogP contribution in [0.4, 0.5) is 5.69 Å². The highest BCUT2D eigenvalue weighted by atomic mass is 16.5. The number of hydrogen-bond donors (Lipinski definition) is 3. The van der Waals surface area contributed by atoms with E-state index in [1.807, 2.05) is 0 Å². The summed E-state index contributed by atoms with van der Waals surface area (Å²) in [5, 5.41) is 11.1. The lowest BCUT2D eigenvalue weighted by atomic mass is 10.2. The van der Waals surface area contributed by atoms with Crippen LogP contribution in [0.3, 0.4) is 0 Å². The molecule has 7 nitrogen and oxygen atoms in total. The molecule has 0 spiro atoms. The number of rotatable bonds is 3. The molecule has 1 aliphatic rings. The van der Waals surface area contributed by atoms with Crippen LogP contribution >= 0.6 is 0 Å². The Morgan fingerprint density at radius 3 is 2.63 bits per heavy atom. The summed E-state index contributed by atoms with van der Waals surface area (Å²) in [5.74, 6) is -0.422. The Balaban J connectivity index is 2.11. The van der Waals surface area contributed by atoms with Gasteiger partial charge in [-0.3, -0.25) is 14.8 Å². The van der Waals surface area contributed by atoms with Gasteiger partial charge < -0.3 is 10.1 Å². The van der Waals surface area contributed by atoms with Crippen molar-refractivity contribution in [1.29, 1.82) is 0 Å². The summed E-state index contributed by atoms with van der Waals surface area (Å²) in [5.41, 5.74) is 2.90. The van der Waals surface area contributed by atoms with Gasteiger partial charge >= 0.3 is 0 Å². The molecule has 0 unspecified atom stereocenters. The number of carbonyl (C=O) groups excluding carboxylic acids is 2. The van der Waals surface area contributed by atoms with Crippen molar-refractivity contribution in [3.8, 4) is 0 Å². The maximum Gasteiger partial charge on any atom is 0.271 e. The zero-order valence-corrected chi connectivity index (χ0v) is 10.2. The molecule has 0 bridgehead atoms. The van der Waals surface area contributed by atoms with Crippen molar-refractivity contribution in [2.75, 3.05) is 11.9 Å². The number of hydrogen-bond acceptors (Lipinski definition) is 5. The number of ether oxygens (including phenoxy) is 1. The molecule has 0 aromatic heterocycles. The van der Waals surface area contributed by atoms with Gasteiger partial charge in [0.15, 0.2) is 6.04 Å². The number of carbonyl (C=O) groups is 2. The second kappa shape index (κ2) is 5.49. The third-order valence-electron chi connectivity index (χ3n) is 2.52. The first-order chi connectivity index (χ1) is 9.10. The third-order valence-corrected chi connectivity index (χ3v) is 2.52. The molecule has 1 aromatic carbocycles. The van der Waals surface area contributed by atoms with Gasteiger partial charge in [-0.15, -0.1) is 0 Å². The van der Waals surface area contributed by atoms with Crippen molar-refractivity contribution in [2.24, 2.45) is 4.99 Å². The summed E-state index contributed by atoms with van der Waals surface area (Å²) in [6.07, 6.45) is 0. The summed E-state index contributed by atoms with van der Waals surface area (Å²) < 4.78 is 5.29. The number of aliphatic imine (C=N–C) groups is 1. The van der Waals surface area contributed by atoms with Crippen LogP contribution in [-0.4, -0.2) is 35.6 Å². The molecule has 0 aliphatic carbocycles. The monoisotopic (exact) mass is 263 g/mol. The molecule has 100 valence electrons. The lowest BCUT2D eigenvalue weighted by Crippen LogP contribution is -2.31. The van der Waals surface area contributed by atoms with Crippen LogP contribution < -0.4 is 10.8 Å². The lowest BCUT2D eigenvalue weighted by molar-refractivity contribution is -0.130. The van der Waals surface area contributed by atoms with Gasteiger partial charge in [0.2, 0.25) is 11.8 Å². The molecule has 0 saturated heterocycles. The van der Waals surface area contributed by atoms with Crippen LogP contribution in [0.15, 0.2) is 29.3 Å². The minimum Gasteiger partial charge on any atom is -0.475 e. The van der Waals surface area contributed by atoms with Crippen molar-refractivity contribution < 1.29 is 19.5 Å². The van der Waals surface area contributed by atoms with Gasteiger partial charge in [-0.25, -0.2) is 10.5 Å². The Morgan fingerprint density at radius 2 is 2.05 bits per heavy atom. The molecule has 1 atom stereocenters. The Labute approximate surface area is 109 Å². The topological polar surface area (TPSA) is 100 Å². The maximum absolute atomic E-state index is 11.2. The molecule has 1 aliphatic heterocycles. The van der Waals surface area contributed by atoms with Gasteiger partial charge in [0.25, 0.3) is 5.91 Å². The second-order valence-electron chi connectivity index (χ2n) is 4.00. The molecule has 1 heterocycles. The molecule has 2 rings (SSSR count). The van der Waals surface area contributed by atoms with Crippen molar-refractivity contribution in [1.82, 2.24) is 5.48 Å². The van der Waals surface area contributed by atoms with Crippen molar-refractivity contribution in [3.05, 3.63) is 29.8 Å². The van der Waals surface area contributed by atoms with E-state index in [9.17, 15) is 9.59 Å². The molecule has 0 radical (unpaired) electrons. The largest absolute Gasteiger partial charge is 0.475 e. The van der Waals surface area contributed by atoms with Crippen LogP contribution in [-0.2, 0) is 14.3 Å². The van der Waals surface area contributed by atoms with E-state index in [0.29, 0.717) is 17.1 Å². The van der Waals surface area contributed by atoms with E-state index in [-0.39, 0.29) is 12.5 Å². The van der Waals surface area contributed by atoms with Crippen molar-refractivity contribution >= 4 is 23.4 Å². The number of nitrogens with zero attached hydrogens (tertiary/aromatic N) is 1. The Bertz CT molecular complexity index is 524. The number of benzene rings is 1. The van der Waals surface area contributed by atoms with Crippen LogP contribution in [0.1, 0.15) is 12.5 Å². The van der Waals surface area contributed by atoms with Gasteiger partial charge in [0, 0.05) is 18.2 Å². The SMILES string of the molecule is CC(=O)Nc1ccc(C2=N[C@@H](C(=O)NO)CO2)cc1. The minimum atomic E-state index is -0.741. The average Bonchev–Trinajstić information content (AvgIpc) is 2.87. The average molecular weight is 263 g/mol. The first-order valence-electron chi connectivity index (χ1n) is 5.62. The molecular formula is C12H13N3O4. The zero-order valence-electron chi connectivity index (χ0n) is 10.2. The highest BCUT2D eigenvalue weighted by molar-refractivity contribution is 5.98. The molecule has 19 heavy (non-hydrogen) atoms. The normalized spacial score (nSPS) is 17.4. The Kier molecular flexibility index (Phi) is 3.76. The first-order valence-corrected chi connectivity index (χ1v) is 5.62. The van der Waals surface area contributed by atoms with E-state index in [0.717, 1.165) is 0 Å². The van der Waals surface area contributed by atoms with E-state index >= 15 is 0 Å². The van der Waals surface area contributed by atoms with Crippen LogP contribution in [0.25, 0.3) is 0 Å². The molecule has 2 amide bonds. The fraction of sp³-hybridized carbons (Fsp3) is 0.250. The number of nitrogens with one attached hydrogen (secondary N) is 2. The summed E-state index contributed by atoms with van der Waals surface area (Å²) in [6, 6.07) is 6.13. The molecule has 0 saturated carbocycles. The highest BCUT2D eigenvalue weighted by Crippen LogP contribution is 2.15. The maximum atomic E-state index is 11.2. The van der Waals surface area contributed by atoms with Crippen LogP contribution in [0.2, 0.25) is 0 Å². The molecule has 1 aromatic rings. The fourth-order valence-corrected chi connectivity index (χ4v) is 1.64. The number of hydroxylamine groups is 1. The lowest BCUT2D eigenvalue weighted by Gasteiger charge is -2.04. The first kappa shape index (κ1) is 13.0. The summed E-state index contributed by atoms with van der Waals surface area (Å²) in [6.45, 7) is 1.52. The summed E-state index contributed by atoms with van der Waals surface area (Å²) in [4.78, 5) is 26.1. The number of amides is 2. The molecule has 0 fully saturated rings. The van der Waals surface area contributed by atoms with Gasteiger partial charge in [-0.05, 0) is 24.3 Å². The predicted octanol–water partition coefficient (Wildman–Crippen LogP) is 0.296. The van der Waals surface area contributed by atoms with E-state index in [1.54, 1.807) is 24.3 Å². The van der Waals surface area contributed by atoms with Gasteiger partial charge in [0.1, 0.15) is 6.61 Å². The fourth-order valence-electron chi connectivity index (χ4n) is 1.64. The van der Waals surface area contributed by atoms with Gasteiger partial charge in [-0.2, -0.15) is 0 Å². The molecule has 7 heteroatoms. The smallest absolute Gasteiger partial charge is 0.271 e. The van der Waals surface area contributed by atoms with E-state index < -0.39 is 11.9 Å². The second-order valence-corrected chi connectivity index (χ2v) is 4.00. The van der Waals surface area contributed by atoms with Crippen LogP contribution in [0.5, 0.6) is 0 Å². The van der Waals surface area contributed by atoms with Gasteiger partial charge in [0.05, 0.1) is 0 Å². The number of anilines is 1. The predicted molar refractivity (Wildman–Crippen MR) is 67.0 cm³/mol. The third kappa shape index (κ3) is 3.08. The highest BCUT2D eigenvalue weighted by Gasteiger charge is 2.26. The van der Waals surface area contributed by atoms with Crippen molar-refractivity contribution in [3.63, 3.8) is 0 Å². The Morgan fingerprint density at radius 1 is 1.37 bits per heavy atom. The minimum absolute atomic E-state index is 0.0924. The standard InChI is InChI=1S/C12H13N3O4/c1-7(16)13-9-4-2-8(3-5-9)12-14-10(6-19-12)11(17)15-18/h2-5,10,18H,6H2,1H3,(H,13,16)(H,15,17)/t10-/m1/s1. The van der Waals surface area contributed by atoms with E-state index in [4.69, 9.17) is 9.94 Å². The van der Waals surface area contributed by atoms with Crippen molar-refractivity contribution in [2.45, 2.75) is 13.0 Å².